The normalized spacial score (nSPS) is 13.9. The number of nitro benzene ring substituents is 1. The number of furan rings is 1. The highest BCUT2D eigenvalue weighted by atomic mass is 35.5. The Kier molecular flexibility index (Phi) is 6.91. The van der Waals surface area contributed by atoms with E-state index in [1.54, 1.807) is 12.1 Å². The Hall–Kier alpha value is -3.80. The molecule has 0 aliphatic heterocycles. The summed E-state index contributed by atoms with van der Waals surface area (Å²) in [6.07, 6.45) is 1.73. The number of carbonyl (C=O) groups is 1. The molecular formula is C26H21ClFN3O6S. The molecule has 1 unspecified atom stereocenters. The average Bonchev–Trinajstić information content (AvgIpc) is 3.66. The molecule has 1 aromatic heterocycles. The van der Waals surface area contributed by atoms with Gasteiger partial charge in [-0.05, 0) is 66.3 Å². The Morgan fingerprint density at radius 1 is 1.24 bits per heavy atom. The zero-order valence-corrected chi connectivity index (χ0v) is 21.5. The summed E-state index contributed by atoms with van der Waals surface area (Å²) in [6.45, 7) is -0.0696. The van der Waals surface area contributed by atoms with Crippen LogP contribution in [-0.4, -0.2) is 26.6 Å². The molecule has 3 aromatic carbocycles. The highest BCUT2D eigenvalue weighted by Gasteiger charge is 2.32. The number of nitrogens with one attached hydrogen (secondary N) is 1. The predicted octanol–water partition coefficient (Wildman–Crippen LogP) is 6.18. The Morgan fingerprint density at radius 3 is 2.53 bits per heavy atom. The van der Waals surface area contributed by atoms with Crippen molar-refractivity contribution in [2.24, 2.45) is 0 Å². The maximum Gasteiger partial charge on any atom is 0.287 e. The topological polar surface area (TPSA) is 126 Å². The van der Waals surface area contributed by atoms with Crippen LogP contribution >= 0.6 is 11.6 Å². The first-order valence-corrected chi connectivity index (χ1v) is 13.0. The number of fused-ring (bicyclic) bond motifs is 1. The molecule has 2 N–H and O–H groups in total. The molecule has 4 aromatic rings. The van der Waals surface area contributed by atoms with Gasteiger partial charge in [0.25, 0.3) is 22.9 Å². The third kappa shape index (κ3) is 4.87. The van der Waals surface area contributed by atoms with Crippen molar-refractivity contribution >= 4 is 51.1 Å². The van der Waals surface area contributed by atoms with Gasteiger partial charge in [-0.2, -0.15) is 0 Å². The molecule has 1 heterocycles. The minimum atomic E-state index is -2.47. The van der Waals surface area contributed by atoms with E-state index in [1.165, 1.54) is 53.8 Å². The smallest absolute Gasteiger partial charge is 0.287 e. The summed E-state index contributed by atoms with van der Waals surface area (Å²) >= 11 is 3.59. The van der Waals surface area contributed by atoms with Gasteiger partial charge < -0.3 is 9.73 Å². The number of halogens is 2. The van der Waals surface area contributed by atoms with Gasteiger partial charge in [-0.15, -0.1) is 0 Å². The van der Waals surface area contributed by atoms with E-state index in [9.17, 15) is 28.1 Å². The lowest BCUT2D eigenvalue weighted by Gasteiger charge is -2.23. The van der Waals surface area contributed by atoms with Crippen LogP contribution in [0.1, 0.15) is 40.2 Å². The average molecular weight is 558 g/mol. The molecule has 0 saturated heterocycles. The van der Waals surface area contributed by atoms with E-state index in [4.69, 9.17) is 16.0 Å². The molecule has 196 valence electrons. The molecule has 1 aliphatic rings. The van der Waals surface area contributed by atoms with Crippen LogP contribution in [0.4, 0.5) is 15.8 Å². The van der Waals surface area contributed by atoms with Gasteiger partial charge in [0.05, 0.1) is 22.7 Å². The first-order valence-electron chi connectivity index (χ1n) is 11.6. The van der Waals surface area contributed by atoms with Crippen LogP contribution in [0, 0.1) is 15.9 Å². The number of hydrogen-bond donors (Lipinski definition) is 2. The minimum Gasteiger partial charge on any atom is -0.455 e. The van der Waals surface area contributed by atoms with Crippen LogP contribution in [0.3, 0.4) is 0 Å². The van der Waals surface area contributed by atoms with E-state index < -0.39 is 22.0 Å². The monoisotopic (exact) mass is 557 g/mol. The Balaban J connectivity index is 1.66. The lowest BCUT2D eigenvalue weighted by Crippen LogP contribution is -2.25. The summed E-state index contributed by atoms with van der Waals surface area (Å²) in [4.78, 5) is 23.4. The van der Waals surface area contributed by atoms with Crippen molar-refractivity contribution in [3.8, 4) is 11.3 Å². The van der Waals surface area contributed by atoms with Gasteiger partial charge in [0, 0.05) is 30.1 Å². The third-order valence-electron chi connectivity index (χ3n) is 6.41. The van der Waals surface area contributed by atoms with Gasteiger partial charge in [-0.25, -0.2) is 8.60 Å². The van der Waals surface area contributed by atoms with Crippen LogP contribution in [-0.2, 0) is 17.8 Å². The third-order valence-corrected chi connectivity index (χ3v) is 7.41. The van der Waals surface area contributed by atoms with E-state index in [2.05, 4.69) is 5.32 Å². The Labute approximate surface area is 223 Å². The van der Waals surface area contributed by atoms with Gasteiger partial charge in [0.1, 0.15) is 22.2 Å². The SMILES string of the molecule is CNC(=O)c1c(-c2ccc(F)cc2)oc2cc(N(Cc3ccc([N+](=O)[O-])c(Cl)c3)S(=O)O)c(C3CC3)cc12. The molecule has 38 heavy (non-hydrogen) atoms. The fourth-order valence-corrected chi connectivity index (χ4v) is 5.29. The van der Waals surface area contributed by atoms with Gasteiger partial charge >= 0.3 is 0 Å². The van der Waals surface area contributed by atoms with Crippen molar-refractivity contribution in [1.29, 1.82) is 0 Å². The molecule has 1 fully saturated rings. The maximum atomic E-state index is 13.6. The zero-order valence-electron chi connectivity index (χ0n) is 19.9. The highest BCUT2D eigenvalue weighted by Crippen LogP contribution is 2.48. The molecule has 1 atom stereocenters. The predicted molar refractivity (Wildman–Crippen MR) is 142 cm³/mol. The fraction of sp³-hybridized carbons (Fsp3) is 0.192. The molecule has 12 heteroatoms. The van der Waals surface area contributed by atoms with Crippen LogP contribution in [0.15, 0.2) is 59.0 Å². The summed E-state index contributed by atoms with van der Waals surface area (Å²) in [7, 11) is 1.50. The molecule has 0 radical (unpaired) electrons. The van der Waals surface area contributed by atoms with Gasteiger partial charge in [0.15, 0.2) is 0 Å². The number of hydrogen-bond acceptors (Lipinski definition) is 5. The van der Waals surface area contributed by atoms with Gasteiger partial charge in [-0.3, -0.25) is 23.8 Å². The fourth-order valence-electron chi connectivity index (χ4n) is 4.43. The molecule has 9 nitrogen and oxygen atoms in total. The number of rotatable bonds is 8. The van der Waals surface area contributed by atoms with E-state index in [0.717, 1.165) is 18.4 Å². The second kappa shape index (κ2) is 10.2. The number of anilines is 1. The summed E-state index contributed by atoms with van der Waals surface area (Å²) < 4.78 is 43.7. The van der Waals surface area contributed by atoms with Crippen molar-refractivity contribution in [2.75, 3.05) is 11.4 Å². The van der Waals surface area contributed by atoms with Crippen molar-refractivity contribution in [3.05, 3.63) is 92.2 Å². The molecule has 5 rings (SSSR count). The van der Waals surface area contributed by atoms with Crippen molar-refractivity contribution in [1.82, 2.24) is 5.32 Å². The zero-order chi connectivity index (χ0) is 27.1. The van der Waals surface area contributed by atoms with E-state index >= 15 is 0 Å². The molecule has 1 amide bonds. The maximum absolute atomic E-state index is 13.6. The molecule has 0 spiro atoms. The van der Waals surface area contributed by atoms with Crippen LogP contribution < -0.4 is 9.62 Å². The van der Waals surface area contributed by atoms with Crippen LogP contribution in [0.2, 0.25) is 5.02 Å². The van der Waals surface area contributed by atoms with E-state index in [-0.39, 0.29) is 40.4 Å². The number of nitro groups is 1. The van der Waals surface area contributed by atoms with Crippen molar-refractivity contribution in [2.45, 2.75) is 25.3 Å². The van der Waals surface area contributed by atoms with Gasteiger partial charge in [-0.1, -0.05) is 17.7 Å². The first kappa shape index (κ1) is 25.8. The lowest BCUT2D eigenvalue weighted by molar-refractivity contribution is -0.384. The second-order valence-electron chi connectivity index (χ2n) is 8.88. The molecular weight excluding hydrogens is 537 g/mol. The van der Waals surface area contributed by atoms with Crippen molar-refractivity contribution < 1.29 is 27.3 Å². The molecule has 0 bridgehead atoms. The highest BCUT2D eigenvalue weighted by molar-refractivity contribution is 7.80. The second-order valence-corrected chi connectivity index (χ2v) is 10.2. The Bertz CT molecular complexity index is 1600. The van der Waals surface area contributed by atoms with Crippen LogP contribution in [0.5, 0.6) is 0 Å². The van der Waals surface area contributed by atoms with Crippen molar-refractivity contribution in [3.63, 3.8) is 0 Å². The summed E-state index contributed by atoms with van der Waals surface area (Å²) in [5.41, 5.74) is 2.50. The standard InChI is InChI=1S/C26H21ClFN3O6S/c1-29-26(32)24-19-11-18(15-3-4-15)22(12-23(19)37-25(24)16-5-7-17(28)8-6-16)30(38(35)36)13-14-2-9-21(31(33)34)20(27)10-14/h2,5-12,15H,3-4,13H2,1H3,(H,29,32)(H,35,36). The number of benzene rings is 3. The van der Waals surface area contributed by atoms with Gasteiger partial charge in [0.2, 0.25) is 0 Å². The molecule has 1 aliphatic carbocycles. The Morgan fingerprint density at radius 2 is 1.95 bits per heavy atom. The van der Waals surface area contributed by atoms with E-state index in [0.29, 0.717) is 27.8 Å². The summed E-state index contributed by atoms with van der Waals surface area (Å²) in [6, 6.07) is 13.1. The minimum absolute atomic E-state index is 0.0696. The number of nitrogens with zero attached hydrogens (tertiary/aromatic N) is 2. The lowest BCUT2D eigenvalue weighted by atomic mass is 10.00. The molecule has 1 saturated carbocycles. The number of amides is 1. The summed E-state index contributed by atoms with van der Waals surface area (Å²) in [5, 5.41) is 14.2. The van der Waals surface area contributed by atoms with Crippen LogP contribution in [0.25, 0.3) is 22.3 Å². The number of carbonyl (C=O) groups excluding carboxylic acids is 1. The van der Waals surface area contributed by atoms with E-state index in [1.807, 2.05) is 0 Å². The largest absolute Gasteiger partial charge is 0.455 e. The summed E-state index contributed by atoms with van der Waals surface area (Å²) in [5.74, 6) is -0.461. The quantitative estimate of drug-likeness (QED) is 0.151. The first-order chi connectivity index (χ1) is 18.2.